The molecule has 0 aliphatic rings. The van der Waals surface area contributed by atoms with Gasteiger partial charge < -0.3 is 9.76 Å². The number of rotatable bonds is 4. The Morgan fingerprint density at radius 3 is 2.58 bits per heavy atom. The van der Waals surface area contributed by atoms with Crippen LogP contribution in [-0.4, -0.2) is 33.2 Å². The van der Waals surface area contributed by atoms with E-state index in [1.807, 2.05) is 44.2 Å². The monoisotopic (exact) mass is 324 g/mol. The lowest BCUT2D eigenvalue weighted by Gasteiger charge is -2.37. The van der Waals surface area contributed by atoms with E-state index in [1.54, 1.807) is 26.1 Å². The summed E-state index contributed by atoms with van der Waals surface area (Å²) in [6.07, 6.45) is 1.72. The average Bonchev–Trinajstić information content (AvgIpc) is 2.52. The van der Waals surface area contributed by atoms with Gasteiger partial charge in [-0.15, -0.1) is 0 Å². The standard InChI is InChI=1S/C18H21BN2O3/c1-17(2,23)18(3,4)24-19-12-9-10-21-15(11-12)20-14-8-6-5-7-13(14)16(21)22/h5-11,19,23H,1-4H3. The average molecular weight is 324 g/mol. The van der Waals surface area contributed by atoms with Crippen LogP contribution in [0.5, 0.6) is 0 Å². The molecule has 0 unspecified atom stereocenters. The summed E-state index contributed by atoms with van der Waals surface area (Å²) in [4.78, 5) is 17.1. The lowest BCUT2D eigenvalue weighted by atomic mass is 9.83. The normalized spacial score (nSPS) is 12.7. The first kappa shape index (κ1) is 16.7. The van der Waals surface area contributed by atoms with Crippen LogP contribution < -0.4 is 11.0 Å². The predicted octanol–water partition coefficient (Wildman–Crippen LogP) is 1.39. The Labute approximate surface area is 141 Å². The fourth-order valence-corrected chi connectivity index (χ4v) is 2.32. The minimum Gasteiger partial charge on any atom is -0.427 e. The van der Waals surface area contributed by atoms with Gasteiger partial charge in [-0.3, -0.25) is 9.20 Å². The molecule has 5 nitrogen and oxygen atoms in total. The van der Waals surface area contributed by atoms with Crippen LogP contribution in [0.15, 0.2) is 47.4 Å². The van der Waals surface area contributed by atoms with E-state index in [1.165, 1.54) is 4.40 Å². The minimum absolute atomic E-state index is 0.0834. The lowest BCUT2D eigenvalue weighted by molar-refractivity contribution is -0.0893. The van der Waals surface area contributed by atoms with Gasteiger partial charge in [0.1, 0.15) is 5.65 Å². The number of hydrogen-bond donors (Lipinski definition) is 1. The molecule has 124 valence electrons. The molecule has 0 radical (unpaired) electrons. The highest BCUT2D eigenvalue weighted by Gasteiger charge is 2.35. The smallest absolute Gasteiger partial charge is 0.309 e. The highest BCUT2D eigenvalue weighted by molar-refractivity contribution is 6.47. The van der Waals surface area contributed by atoms with Crippen molar-refractivity contribution in [1.29, 1.82) is 0 Å². The number of para-hydroxylation sites is 1. The molecule has 0 bridgehead atoms. The van der Waals surface area contributed by atoms with Crippen molar-refractivity contribution < 1.29 is 9.76 Å². The molecule has 0 fully saturated rings. The molecule has 0 saturated heterocycles. The number of hydrogen-bond acceptors (Lipinski definition) is 4. The molecule has 2 aromatic heterocycles. The summed E-state index contributed by atoms with van der Waals surface area (Å²) < 4.78 is 7.42. The zero-order chi connectivity index (χ0) is 17.5. The molecular formula is C18H21BN2O3. The summed E-state index contributed by atoms with van der Waals surface area (Å²) in [5.41, 5.74) is 0.415. The largest absolute Gasteiger partial charge is 0.427 e. The van der Waals surface area contributed by atoms with Gasteiger partial charge in [0, 0.05) is 6.20 Å². The number of aromatic nitrogens is 2. The zero-order valence-corrected chi connectivity index (χ0v) is 14.4. The van der Waals surface area contributed by atoms with E-state index in [2.05, 4.69) is 4.98 Å². The number of benzene rings is 1. The highest BCUT2D eigenvalue weighted by Crippen LogP contribution is 2.24. The first-order chi connectivity index (χ1) is 11.2. The maximum atomic E-state index is 12.5. The Morgan fingerprint density at radius 1 is 1.17 bits per heavy atom. The maximum absolute atomic E-state index is 12.5. The van der Waals surface area contributed by atoms with E-state index in [9.17, 15) is 9.90 Å². The van der Waals surface area contributed by atoms with Crippen LogP contribution in [0.25, 0.3) is 16.6 Å². The molecule has 24 heavy (non-hydrogen) atoms. The minimum atomic E-state index is -0.963. The predicted molar refractivity (Wildman–Crippen MR) is 97.2 cm³/mol. The topological polar surface area (TPSA) is 63.8 Å². The van der Waals surface area contributed by atoms with Crippen LogP contribution in [0.1, 0.15) is 27.7 Å². The molecule has 0 amide bonds. The molecule has 0 atom stereocenters. The summed E-state index contributed by atoms with van der Waals surface area (Å²) in [6.45, 7) is 7.15. The van der Waals surface area contributed by atoms with Crippen molar-refractivity contribution in [3.8, 4) is 0 Å². The molecule has 3 aromatic rings. The Hall–Kier alpha value is -2.18. The van der Waals surface area contributed by atoms with Crippen LogP contribution in [0.2, 0.25) is 0 Å². The fourth-order valence-electron chi connectivity index (χ4n) is 2.32. The molecular weight excluding hydrogens is 303 g/mol. The molecule has 0 aliphatic carbocycles. The second-order valence-electron chi connectivity index (χ2n) is 7.06. The third kappa shape index (κ3) is 2.95. The van der Waals surface area contributed by atoms with E-state index < -0.39 is 11.2 Å². The molecule has 6 heteroatoms. The Balaban J connectivity index is 1.97. The van der Waals surface area contributed by atoms with Crippen molar-refractivity contribution in [2.75, 3.05) is 0 Å². The Kier molecular flexibility index (Phi) is 3.97. The van der Waals surface area contributed by atoms with Crippen molar-refractivity contribution in [3.63, 3.8) is 0 Å². The molecule has 1 aromatic carbocycles. The van der Waals surface area contributed by atoms with Gasteiger partial charge in [-0.1, -0.05) is 12.1 Å². The third-order valence-electron chi connectivity index (χ3n) is 4.66. The molecule has 2 heterocycles. The van der Waals surface area contributed by atoms with E-state index in [0.717, 1.165) is 5.46 Å². The second-order valence-corrected chi connectivity index (χ2v) is 7.06. The Bertz CT molecular complexity index is 958. The van der Waals surface area contributed by atoms with E-state index >= 15 is 0 Å². The number of nitrogens with zero attached hydrogens (tertiary/aromatic N) is 2. The SMILES string of the molecule is CC(C)(O)C(C)(C)OBc1ccn2c(=O)c3ccccc3nc2c1. The van der Waals surface area contributed by atoms with Crippen molar-refractivity contribution in [1.82, 2.24) is 9.38 Å². The van der Waals surface area contributed by atoms with Crippen molar-refractivity contribution >= 4 is 29.5 Å². The first-order valence-corrected chi connectivity index (χ1v) is 7.95. The van der Waals surface area contributed by atoms with Crippen molar-refractivity contribution in [3.05, 3.63) is 52.9 Å². The van der Waals surface area contributed by atoms with Gasteiger partial charge in [0.25, 0.3) is 5.56 Å². The summed E-state index contributed by atoms with van der Waals surface area (Å²) in [5.74, 6) is 0. The highest BCUT2D eigenvalue weighted by atomic mass is 16.5. The summed E-state index contributed by atoms with van der Waals surface area (Å²) in [6, 6.07) is 11.0. The molecule has 3 rings (SSSR count). The van der Waals surface area contributed by atoms with E-state index in [4.69, 9.17) is 4.65 Å². The third-order valence-corrected chi connectivity index (χ3v) is 4.66. The number of aliphatic hydroxyl groups is 1. The van der Waals surface area contributed by atoms with Gasteiger partial charge in [0.2, 0.25) is 0 Å². The van der Waals surface area contributed by atoms with Gasteiger partial charge in [-0.25, -0.2) is 4.98 Å². The van der Waals surface area contributed by atoms with Gasteiger partial charge >= 0.3 is 7.48 Å². The molecule has 0 aliphatic heterocycles. The first-order valence-electron chi connectivity index (χ1n) is 7.95. The lowest BCUT2D eigenvalue weighted by Crippen LogP contribution is -2.49. The Morgan fingerprint density at radius 2 is 1.88 bits per heavy atom. The summed E-state index contributed by atoms with van der Waals surface area (Å²) in [7, 11) is 0.330. The zero-order valence-electron chi connectivity index (χ0n) is 14.4. The summed E-state index contributed by atoms with van der Waals surface area (Å²) in [5, 5.41) is 10.8. The van der Waals surface area contributed by atoms with Crippen LogP contribution in [0.3, 0.4) is 0 Å². The van der Waals surface area contributed by atoms with Crippen LogP contribution in [0.4, 0.5) is 0 Å². The molecule has 0 saturated carbocycles. The molecule has 0 spiro atoms. The molecule has 1 N–H and O–H groups in total. The summed E-state index contributed by atoms with van der Waals surface area (Å²) >= 11 is 0. The van der Waals surface area contributed by atoms with E-state index in [-0.39, 0.29) is 5.56 Å². The van der Waals surface area contributed by atoms with Gasteiger partial charge in [0.05, 0.1) is 22.1 Å². The van der Waals surface area contributed by atoms with Crippen molar-refractivity contribution in [2.45, 2.75) is 38.9 Å². The maximum Gasteiger partial charge on any atom is 0.309 e. The van der Waals surface area contributed by atoms with Gasteiger partial charge in [0.15, 0.2) is 0 Å². The number of fused-ring (bicyclic) bond motifs is 2. The van der Waals surface area contributed by atoms with Crippen LogP contribution in [-0.2, 0) is 4.65 Å². The van der Waals surface area contributed by atoms with Crippen LogP contribution >= 0.6 is 0 Å². The second kappa shape index (κ2) is 5.72. The van der Waals surface area contributed by atoms with Crippen LogP contribution in [0, 0.1) is 0 Å². The number of pyridine rings is 1. The van der Waals surface area contributed by atoms with Gasteiger partial charge in [-0.2, -0.15) is 0 Å². The fraction of sp³-hybridized carbons (Fsp3) is 0.333. The van der Waals surface area contributed by atoms with Crippen molar-refractivity contribution in [2.24, 2.45) is 0 Å². The van der Waals surface area contributed by atoms with E-state index in [0.29, 0.717) is 24.0 Å². The van der Waals surface area contributed by atoms with Gasteiger partial charge in [-0.05, 0) is 57.4 Å². The quantitative estimate of drug-likeness (QED) is 0.582.